The van der Waals surface area contributed by atoms with Crippen molar-refractivity contribution in [3.8, 4) is 11.5 Å². The van der Waals surface area contributed by atoms with E-state index in [0.29, 0.717) is 16.1 Å². The van der Waals surface area contributed by atoms with Crippen molar-refractivity contribution >= 4 is 69.8 Å². The van der Waals surface area contributed by atoms with E-state index in [1.54, 1.807) is 30.3 Å². The van der Waals surface area contributed by atoms with E-state index < -0.39 is 11.9 Å². The van der Waals surface area contributed by atoms with E-state index in [0.717, 1.165) is 3.57 Å². The quantitative estimate of drug-likeness (QED) is 0.124. The monoisotopic (exact) mass is 625 g/mol. The number of amides is 2. The fraction of sp³-hybridized carbons (Fsp3) is 0.0833. The summed E-state index contributed by atoms with van der Waals surface area (Å²) in [7, 11) is 1.42. The number of nitrogens with zero attached hydrogens (tertiary/aromatic N) is 1. The van der Waals surface area contributed by atoms with E-state index >= 15 is 0 Å². The molecule has 0 unspecified atom stereocenters. The van der Waals surface area contributed by atoms with Crippen molar-refractivity contribution in [2.45, 2.75) is 0 Å². The van der Waals surface area contributed by atoms with E-state index in [9.17, 15) is 14.4 Å². The van der Waals surface area contributed by atoms with Crippen LogP contribution in [-0.4, -0.2) is 37.7 Å². The van der Waals surface area contributed by atoms with Crippen LogP contribution in [0, 0.1) is 3.57 Å². The number of rotatable bonds is 8. The lowest BCUT2D eigenvalue weighted by Crippen LogP contribution is -2.35. The summed E-state index contributed by atoms with van der Waals surface area (Å²) < 4.78 is 11.5. The Bertz CT molecular complexity index is 1300. The average molecular weight is 626 g/mol. The summed E-state index contributed by atoms with van der Waals surface area (Å²) in [5.74, 6) is -1.03. The van der Waals surface area contributed by atoms with Crippen LogP contribution in [0.1, 0.15) is 26.3 Å². The largest absolute Gasteiger partial charge is 0.493 e. The molecular weight excluding hydrogens is 608 g/mol. The molecule has 0 aliphatic heterocycles. The number of carbonyl (C=O) groups excluding carboxylic acids is 3. The van der Waals surface area contributed by atoms with Gasteiger partial charge in [0.25, 0.3) is 11.8 Å². The van der Waals surface area contributed by atoms with E-state index in [2.05, 4.69) is 15.8 Å². The molecule has 0 aliphatic carbocycles. The van der Waals surface area contributed by atoms with Gasteiger partial charge >= 0.3 is 5.97 Å². The minimum Gasteiger partial charge on any atom is -0.493 e. The number of benzene rings is 3. The maximum Gasteiger partial charge on any atom is 0.343 e. The number of carbonyl (C=O) groups is 3. The zero-order valence-electron chi connectivity index (χ0n) is 18.2. The third-order valence-corrected chi connectivity index (χ3v) is 6.16. The van der Waals surface area contributed by atoms with Crippen LogP contribution in [0.2, 0.25) is 10.0 Å². The van der Waals surface area contributed by atoms with Crippen LogP contribution in [0.15, 0.2) is 65.8 Å². The predicted octanol–water partition coefficient (Wildman–Crippen LogP) is 4.71. The standard InChI is InChI=1S/C24H18Cl2IN3O5/c1-34-21-10-14(6-9-20(21)35-24(33)15-7-8-17(25)18(26)11-15)12-29-30-22(31)13-28-23(32)16-4-2-3-5-19(16)27/h2-12H,13H2,1H3,(H,28,32)(H,30,31)/b29-12-. The molecule has 0 saturated carbocycles. The van der Waals surface area contributed by atoms with Gasteiger partial charge in [-0.2, -0.15) is 5.10 Å². The van der Waals surface area contributed by atoms with Gasteiger partial charge in [0.2, 0.25) is 0 Å². The molecule has 3 rings (SSSR count). The van der Waals surface area contributed by atoms with Gasteiger partial charge in [0.15, 0.2) is 11.5 Å². The molecule has 0 fully saturated rings. The maximum absolute atomic E-state index is 12.4. The Hall–Kier alpha value is -3.15. The molecule has 0 bridgehead atoms. The number of nitrogens with one attached hydrogen (secondary N) is 2. The second-order valence-corrected chi connectivity index (χ2v) is 8.86. The maximum atomic E-state index is 12.4. The third kappa shape index (κ3) is 7.41. The van der Waals surface area contributed by atoms with Gasteiger partial charge in [0, 0.05) is 3.57 Å². The summed E-state index contributed by atoms with van der Waals surface area (Å²) in [6.07, 6.45) is 1.38. The van der Waals surface area contributed by atoms with E-state index in [4.69, 9.17) is 32.7 Å². The van der Waals surface area contributed by atoms with Crippen molar-refractivity contribution in [3.63, 3.8) is 0 Å². The first-order valence-electron chi connectivity index (χ1n) is 9.98. The first-order valence-corrected chi connectivity index (χ1v) is 11.8. The summed E-state index contributed by atoms with van der Waals surface area (Å²) in [6, 6.07) is 16.2. The third-order valence-electron chi connectivity index (χ3n) is 4.48. The molecule has 3 aromatic rings. The van der Waals surface area contributed by atoms with Crippen molar-refractivity contribution < 1.29 is 23.9 Å². The molecule has 11 heteroatoms. The van der Waals surface area contributed by atoms with Crippen molar-refractivity contribution in [1.82, 2.24) is 10.7 Å². The minimum absolute atomic E-state index is 0.183. The van der Waals surface area contributed by atoms with Crippen LogP contribution in [0.3, 0.4) is 0 Å². The lowest BCUT2D eigenvalue weighted by atomic mass is 10.2. The smallest absolute Gasteiger partial charge is 0.343 e. The predicted molar refractivity (Wildman–Crippen MR) is 142 cm³/mol. The summed E-state index contributed by atoms with van der Waals surface area (Å²) in [6.45, 7) is -0.242. The fourth-order valence-corrected chi connectivity index (χ4v) is 3.68. The van der Waals surface area contributed by atoms with E-state index in [1.165, 1.54) is 37.6 Å². The highest BCUT2D eigenvalue weighted by Gasteiger charge is 2.14. The molecule has 0 aliphatic rings. The first kappa shape index (κ1) is 26.5. The molecule has 0 atom stereocenters. The Balaban J connectivity index is 1.56. The van der Waals surface area contributed by atoms with Gasteiger partial charge < -0.3 is 14.8 Å². The molecule has 2 amide bonds. The first-order chi connectivity index (χ1) is 16.8. The number of ether oxygens (including phenoxy) is 2. The highest BCUT2D eigenvalue weighted by molar-refractivity contribution is 14.1. The highest BCUT2D eigenvalue weighted by Crippen LogP contribution is 2.29. The minimum atomic E-state index is -0.636. The summed E-state index contributed by atoms with van der Waals surface area (Å²) >= 11 is 13.9. The van der Waals surface area contributed by atoms with Gasteiger partial charge in [0.1, 0.15) is 0 Å². The number of hydrogen-bond donors (Lipinski definition) is 2. The molecule has 0 heterocycles. The van der Waals surface area contributed by atoms with Crippen LogP contribution >= 0.6 is 45.8 Å². The van der Waals surface area contributed by atoms with Crippen LogP contribution < -0.4 is 20.2 Å². The SMILES string of the molecule is COc1cc(/C=N\NC(=O)CNC(=O)c2ccccc2I)ccc1OC(=O)c1ccc(Cl)c(Cl)c1. The van der Waals surface area contributed by atoms with Crippen molar-refractivity contribution in [3.05, 3.63) is 91.0 Å². The molecule has 2 N–H and O–H groups in total. The Labute approximate surface area is 224 Å². The number of esters is 1. The summed E-state index contributed by atoms with van der Waals surface area (Å²) in [4.78, 5) is 36.6. The molecule has 0 saturated heterocycles. The van der Waals surface area contributed by atoms with Gasteiger partial charge in [-0.1, -0.05) is 35.3 Å². The number of hydrogen-bond acceptors (Lipinski definition) is 6. The Morgan fingerprint density at radius 1 is 1.00 bits per heavy atom. The zero-order valence-corrected chi connectivity index (χ0v) is 21.8. The second kappa shape index (κ2) is 12.5. The average Bonchev–Trinajstić information content (AvgIpc) is 2.85. The molecule has 180 valence electrons. The molecule has 0 aromatic heterocycles. The Kier molecular flexibility index (Phi) is 9.47. The molecule has 0 radical (unpaired) electrons. The van der Waals surface area contributed by atoms with Crippen LogP contribution in [0.4, 0.5) is 0 Å². The van der Waals surface area contributed by atoms with Gasteiger partial charge in [0.05, 0.1) is 41.0 Å². The summed E-state index contributed by atoms with van der Waals surface area (Å²) in [5.41, 5.74) is 3.61. The second-order valence-electron chi connectivity index (χ2n) is 6.88. The number of methoxy groups -OCH3 is 1. The van der Waals surface area contributed by atoms with E-state index in [1.807, 2.05) is 28.7 Å². The fourth-order valence-electron chi connectivity index (χ4n) is 2.75. The Morgan fingerprint density at radius 3 is 2.49 bits per heavy atom. The van der Waals surface area contributed by atoms with Crippen molar-refractivity contribution in [2.24, 2.45) is 5.10 Å². The van der Waals surface area contributed by atoms with Crippen molar-refractivity contribution in [2.75, 3.05) is 13.7 Å². The lowest BCUT2D eigenvalue weighted by molar-refractivity contribution is -0.120. The van der Waals surface area contributed by atoms with Crippen LogP contribution in [-0.2, 0) is 4.79 Å². The van der Waals surface area contributed by atoms with E-state index in [-0.39, 0.29) is 34.5 Å². The van der Waals surface area contributed by atoms with Crippen LogP contribution in [0.5, 0.6) is 11.5 Å². The summed E-state index contributed by atoms with van der Waals surface area (Å²) in [5, 5.41) is 6.97. The number of halogens is 3. The lowest BCUT2D eigenvalue weighted by Gasteiger charge is -2.10. The van der Waals surface area contributed by atoms with Gasteiger partial charge in [-0.05, 0) is 76.7 Å². The van der Waals surface area contributed by atoms with Crippen molar-refractivity contribution in [1.29, 1.82) is 0 Å². The Morgan fingerprint density at radius 2 is 1.77 bits per heavy atom. The van der Waals surface area contributed by atoms with Gasteiger partial charge in [-0.15, -0.1) is 0 Å². The highest BCUT2D eigenvalue weighted by atomic mass is 127. The molecule has 8 nitrogen and oxygen atoms in total. The van der Waals surface area contributed by atoms with Crippen LogP contribution in [0.25, 0.3) is 0 Å². The number of hydrazone groups is 1. The molecular formula is C24H18Cl2IN3O5. The van der Waals surface area contributed by atoms with Gasteiger partial charge in [-0.25, -0.2) is 10.2 Å². The zero-order chi connectivity index (χ0) is 25.4. The topological polar surface area (TPSA) is 106 Å². The molecule has 0 spiro atoms. The molecule has 35 heavy (non-hydrogen) atoms. The molecule has 3 aromatic carbocycles. The van der Waals surface area contributed by atoms with Gasteiger partial charge in [-0.3, -0.25) is 9.59 Å². The normalized spacial score (nSPS) is 10.6.